The second-order valence-electron chi connectivity index (χ2n) is 6.70. The number of amides is 2. The number of fused-ring (bicyclic) bond motifs is 2. The summed E-state index contributed by atoms with van der Waals surface area (Å²) < 4.78 is 7.51. The second kappa shape index (κ2) is 6.59. The molecule has 2 aliphatic carbocycles. The summed E-state index contributed by atoms with van der Waals surface area (Å²) >= 11 is 0. The number of carbonyl (C=O) groups excluding carboxylic acids is 1. The third kappa shape index (κ3) is 3.00. The molecule has 0 bridgehead atoms. The first-order chi connectivity index (χ1) is 12.6. The molecule has 7 nitrogen and oxygen atoms in total. The molecule has 3 N–H and O–H groups in total. The Morgan fingerprint density at radius 1 is 1.42 bits per heavy atom. The lowest BCUT2D eigenvalue weighted by Gasteiger charge is -2.15. The Labute approximate surface area is 152 Å². The maximum atomic E-state index is 12.3. The van der Waals surface area contributed by atoms with Gasteiger partial charge in [0.15, 0.2) is 0 Å². The molecular formula is C19H23N5O2. The van der Waals surface area contributed by atoms with Crippen molar-refractivity contribution in [2.75, 3.05) is 14.2 Å². The molecule has 7 heteroatoms. The molecule has 2 aromatic heterocycles. The van der Waals surface area contributed by atoms with Crippen LogP contribution >= 0.6 is 0 Å². The molecule has 2 aromatic rings. The van der Waals surface area contributed by atoms with Crippen molar-refractivity contribution >= 4 is 11.7 Å². The van der Waals surface area contributed by atoms with E-state index in [1.165, 1.54) is 0 Å². The summed E-state index contributed by atoms with van der Waals surface area (Å²) in [6, 6.07) is 5.64. The Kier molecular flexibility index (Phi) is 4.26. The van der Waals surface area contributed by atoms with Crippen molar-refractivity contribution in [3.63, 3.8) is 0 Å². The number of hydrogen-bond donors (Lipinski definition) is 3. The normalized spacial score (nSPS) is 23.5. The topological polar surface area (TPSA) is 79.7 Å². The summed E-state index contributed by atoms with van der Waals surface area (Å²) in [6.07, 6.45) is 8.93. The summed E-state index contributed by atoms with van der Waals surface area (Å²) in [5, 5.41) is 8.96. The molecule has 2 unspecified atom stereocenters. The Balaban J connectivity index is 1.41. The number of hydrogen-bond acceptors (Lipinski definition) is 4. The summed E-state index contributed by atoms with van der Waals surface area (Å²) in [6.45, 7) is 1.05. The van der Waals surface area contributed by atoms with Crippen LogP contribution in [0.5, 0.6) is 0 Å². The number of nitrogens with zero attached hydrogens (tertiary/aromatic N) is 2. The number of methoxy groups -OCH3 is 1. The highest BCUT2D eigenvalue weighted by atomic mass is 16.5. The van der Waals surface area contributed by atoms with E-state index in [0.29, 0.717) is 19.0 Å². The van der Waals surface area contributed by atoms with E-state index < -0.39 is 0 Å². The van der Waals surface area contributed by atoms with Crippen LogP contribution in [-0.4, -0.2) is 35.2 Å². The molecule has 26 heavy (non-hydrogen) atoms. The van der Waals surface area contributed by atoms with Crippen molar-refractivity contribution < 1.29 is 9.53 Å². The number of nitrogens with one attached hydrogen (secondary N) is 3. The van der Waals surface area contributed by atoms with E-state index in [0.717, 1.165) is 29.2 Å². The predicted molar refractivity (Wildman–Crippen MR) is 98.4 cm³/mol. The van der Waals surface area contributed by atoms with Crippen LogP contribution in [0.25, 0.3) is 5.65 Å². The molecule has 2 atom stereocenters. The average Bonchev–Trinajstić information content (AvgIpc) is 3.27. The zero-order valence-electron chi connectivity index (χ0n) is 15.0. The van der Waals surface area contributed by atoms with Crippen LogP contribution in [0.4, 0.5) is 4.79 Å². The Hall–Kier alpha value is -2.64. The van der Waals surface area contributed by atoms with Crippen LogP contribution in [0.3, 0.4) is 0 Å². The minimum absolute atomic E-state index is 0.139. The van der Waals surface area contributed by atoms with Gasteiger partial charge < -0.3 is 25.1 Å². The van der Waals surface area contributed by atoms with E-state index in [-0.39, 0.29) is 11.6 Å². The third-order valence-electron chi connectivity index (χ3n) is 5.04. The molecule has 2 aliphatic rings. The third-order valence-corrected chi connectivity index (χ3v) is 5.04. The monoisotopic (exact) mass is 353 g/mol. The summed E-state index contributed by atoms with van der Waals surface area (Å²) in [4.78, 5) is 16.9. The number of aromatic nitrogens is 2. The van der Waals surface area contributed by atoms with E-state index in [2.05, 4.69) is 27.0 Å². The van der Waals surface area contributed by atoms with E-state index >= 15 is 0 Å². The maximum Gasteiger partial charge on any atom is 0.319 e. The molecule has 0 aromatic carbocycles. The largest absolute Gasteiger partial charge is 0.374 e. The predicted octanol–water partition coefficient (Wildman–Crippen LogP) is 1.71. The van der Waals surface area contributed by atoms with Crippen molar-refractivity contribution in [1.82, 2.24) is 25.3 Å². The molecule has 0 saturated heterocycles. The van der Waals surface area contributed by atoms with Crippen LogP contribution in [0.15, 0.2) is 48.3 Å². The van der Waals surface area contributed by atoms with Crippen molar-refractivity contribution in [2.45, 2.75) is 25.1 Å². The number of imidazole rings is 1. The smallest absolute Gasteiger partial charge is 0.319 e. The highest BCUT2D eigenvalue weighted by Crippen LogP contribution is 2.51. The van der Waals surface area contributed by atoms with Gasteiger partial charge in [0.2, 0.25) is 0 Å². The van der Waals surface area contributed by atoms with Crippen molar-refractivity contribution in [1.29, 1.82) is 0 Å². The van der Waals surface area contributed by atoms with Crippen molar-refractivity contribution in [2.24, 2.45) is 5.92 Å². The lowest BCUT2D eigenvalue weighted by atomic mass is 10.1. The summed E-state index contributed by atoms with van der Waals surface area (Å²) in [7, 11) is 3.61. The minimum Gasteiger partial charge on any atom is -0.374 e. The van der Waals surface area contributed by atoms with Crippen molar-refractivity contribution in [3.05, 3.63) is 59.7 Å². The van der Waals surface area contributed by atoms with Gasteiger partial charge in [-0.3, -0.25) is 0 Å². The molecule has 136 valence electrons. The highest BCUT2D eigenvalue weighted by Gasteiger charge is 2.53. The Bertz CT molecular complexity index is 900. The first-order valence-corrected chi connectivity index (χ1v) is 8.76. The average molecular weight is 353 g/mol. The minimum atomic E-state index is -0.229. The zero-order valence-corrected chi connectivity index (χ0v) is 15.0. The second-order valence-corrected chi connectivity index (χ2v) is 6.70. The van der Waals surface area contributed by atoms with Gasteiger partial charge in [-0.1, -0.05) is 18.2 Å². The van der Waals surface area contributed by atoms with Gasteiger partial charge in [-0.25, -0.2) is 9.78 Å². The molecule has 1 fully saturated rings. The zero-order chi connectivity index (χ0) is 18.1. The highest BCUT2D eigenvalue weighted by molar-refractivity contribution is 5.76. The van der Waals surface area contributed by atoms with Gasteiger partial charge >= 0.3 is 6.03 Å². The molecule has 0 aliphatic heterocycles. The van der Waals surface area contributed by atoms with Gasteiger partial charge in [0, 0.05) is 31.5 Å². The first kappa shape index (κ1) is 16.8. The lowest BCUT2D eigenvalue weighted by molar-refractivity contribution is 0.111. The van der Waals surface area contributed by atoms with Crippen molar-refractivity contribution in [3.8, 4) is 0 Å². The molecular weight excluding hydrogens is 330 g/mol. The molecule has 0 spiro atoms. The van der Waals surface area contributed by atoms with Crippen LogP contribution in [0.1, 0.15) is 17.8 Å². The molecule has 2 amide bonds. The fraction of sp³-hybridized carbons (Fsp3) is 0.368. The van der Waals surface area contributed by atoms with Gasteiger partial charge in [-0.05, 0) is 31.7 Å². The first-order valence-electron chi connectivity index (χ1n) is 8.76. The molecule has 2 heterocycles. The van der Waals surface area contributed by atoms with E-state index in [1.54, 1.807) is 7.11 Å². The summed E-state index contributed by atoms with van der Waals surface area (Å²) in [5.74, 6) is 0.355. The number of urea groups is 1. The van der Waals surface area contributed by atoms with E-state index in [9.17, 15) is 4.79 Å². The Morgan fingerprint density at radius 3 is 3.08 bits per heavy atom. The van der Waals surface area contributed by atoms with Gasteiger partial charge in [0.25, 0.3) is 0 Å². The molecule has 0 radical (unpaired) electrons. The van der Waals surface area contributed by atoms with Gasteiger partial charge in [-0.15, -0.1) is 0 Å². The van der Waals surface area contributed by atoms with Crippen LogP contribution in [-0.2, 0) is 17.8 Å². The SMILES string of the molecule is CNCc1nc2ccccn2c1CNC(=O)NC1=CC2CC2(OC)C=C1. The quantitative estimate of drug-likeness (QED) is 0.739. The fourth-order valence-corrected chi connectivity index (χ4v) is 3.50. The number of allylic oxidation sites excluding steroid dienone is 1. The van der Waals surface area contributed by atoms with Gasteiger partial charge in [0.1, 0.15) is 5.65 Å². The number of carbonyl (C=O) groups is 1. The fourth-order valence-electron chi connectivity index (χ4n) is 3.50. The van der Waals surface area contributed by atoms with Crippen LogP contribution in [0.2, 0.25) is 0 Å². The lowest BCUT2D eigenvalue weighted by Crippen LogP contribution is -2.35. The standard InChI is InChI=1S/C19H23N5O2/c1-20-11-15-16(24-8-4-3-5-17(24)23-15)12-21-18(25)22-14-6-7-19(26-2)10-13(19)9-14/h3-9,13,20H,10-12H2,1-2H3,(H2,21,22,25). The number of rotatable bonds is 6. The van der Waals surface area contributed by atoms with Gasteiger partial charge in [0.05, 0.1) is 23.5 Å². The number of pyridine rings is 1. The molecule has 4 rings (SSSR count). The number of ether oxygens (including phenoxy) is 1. The van der Waals surface area contributed by atoms with E-state index in [4.69, 9.17) is 4.74 Å². The molecule has 1 saturated carbocycles. The van der Waals surface area contributed by atoms with Crippen LogP contribution < -0.4 is 16.0 Å². The summed E-state index contributed by atoms with van der Waals surface area (Å²) in [5.41, 5.74) is 3.45. The van der Waals surface area contributed by atoms with Gasteiger partial charge in [-0.2, -0.15) is 0 Å². The van der Waals surface area contributed by atoms with E-state index in [1.807, 2.05) is 48.0 Å². The van der Waals surface area contributed by atoms with Crippen LogP contribution in [0, 0.1) is 5.92 Å². The maximum absolute atomic E-state index is 12.3. The Morgan fingerprint density at radius 2 is 2.31 bits per heavy atom.